The first-order valence-corrected chi connectivity index (χ1v) is 5.05. The molecule has 2 heterocycles. The van der Waals surface area contributed by atoms with Crippen molar-refractivity contribution < 1.29 is 0 Å². The molecule has 0 aliphatic carbocycles. The minimum absolute atomic E-state index is 0.0503. The van der Waals surface area contributed by atoms with Gasteiger partial charge in [-0.1, -0.05) is 0 Å². The lowest BCUT2D eigenvalue weighted by atomic mass is 10.4. The fourth-order valence-electron chi connectivity index (χ4n) is 1.15. The van der Waals surface area contributed by atoms with Gasteiger partial charge in [-0.05, 0) is 6.92 Å². The Balaban J connectivity index is 2.27. The maximum atomic E-state index is 11.3. The highest BCUT2D eigenvalue weighted by Gasteiger charge is 2.00. The first-order chi connectivity index (χ1) is 6.75. The standard InChI is InChI=1S/C9H9N3OS/c1-7-11-8(5-14-7)4-12-6-10-3-2-9(12)13/h2-3,5-6H,4H2,1H3. The molecular formula is C9H9N3OS. The van der Waals surface area contributed by atoms with Gasteiger partial charge in [-0.3, -0.25) is 9.36 Å². The number of thiazole rings is 1. The summed E-state index contributed by atoms with van der Waals surface area (Å²) in [7, 11) is 0. The van der Waals surface area contributed by atoms with Crippen molar-refractivity contribution in [3.63, 3.8) is 0 Å². The number of rotatable bonds is 2. The highest BCUT2D eigenvalue weighted by molar-refractivity contribution is 7.09. The third kappa shape index (κ3) is 1.88. The van der Waals surface area contributed by atoms with E-state index in [0.717, 1.165) is 10.7 Å². The monoisotopic (exact) mass is 207 g/mol. The Morgan fingerprint density at radius 2 is 2.43 bits per heavy atom. The summed E-state index contributed by atoms with van der Waals surface area (Å²) >= 11 is 1.58. The van der Waals surface area contributed by atoms with Gasteiger partial charge in [0.1, 0.15) is 0 Å². The molecule has 0 atom stereocenters. The quantitative estimate of drug-likeness (QED) is 0.739. The highest BCUT2D eigenvalue weighted by Crippen LogP contribution is 2.08. The summed E-state index contributed by atoms with van der Waals surface area (Å²) in [5.41, 5.74) is 0.855. The molecular weight excluding hydrogens is 198 g/mol. The molecule has 0 aliphatic heterocycles. The lowest BCUT2D eigenvalue weighted by Crippen LogP contribution is -2.19. The van der Waals surface area contributed by atoms with E-state index in [1.807, 2.05) is 12.3 Å². The van der Waals surface area contributed by atoms with E-state index in [4.69, 9.17) is 0 Å². The molecule has 14 heavy (non-hydrogen) atoms. The number of hydrogen-bond donors (Lipinski definition) is 0. The molecule has 2 aromatic heterocycles. The molecule has 72 valence electrons. The van der Waals surface area contributed by atoms with Crippen molar-refractivity contribution in [3.05, 3.63) is 45.0 Å². The van der Waals surface area contributed by atoms with E-state index in [1.165, 1.54) is 23.2 Å². The van der Waals surface area contributed by atoms with Gasteiger partial charge in [0.05, 0.1) is 23.6 Å². The van der Waals surface area contributed by atoms with E-state index < -0.39 is 0 Å². The molecule has 0 spiro atoms. The summed E-state index contributed by atoms with van der Waals surface area (Å²) in [4.78, 5) is 19.5. The van der Waals surface area contributed by atoms with Crippen LogP contribution in [0, 0.1) is 6.92 Å². The second-order valence-electron chi connectivity index (χ2n) is 2.90. The molecule has 0 amide bonds. The van der Waals surface area contributed by atoms with Gasteiger partial charge in [0, 0.05) is 17.6 Å². The summed E-state index contributed by atoms with van der Waals surface area (Å²) in [6.07, 6.45) is 3.02. The first-order valence-electron chi connectivity index (χ1n) is 4.17. The van der Waals surface area contributed by atoms with Gasteiger partial charge in [0.2, 0.25) is 0 Å². The second-order valence-corrected chi connectivity index (χ2v) is 3.97. The highest BCUT2D eigenvalue weighted by atomic mass is 32.1. The smallest absolute Gasteiger partial charge is 0.253 e. The molecule has 0 saturated carbocycles. The van der Waals surface area contributed by atoms with Crippen LogP contribution in [-0.4, -0.2) is 14.5 Å². The Labute approximate surface area is 84.9 Å². The van der Waals surface area contributed by atoms with Gasteiger partial charge in [-0.15, -0.1) is 11.3 Å². The Kier molecular flexibility index (Phi) is 2.41. The van der Waals surface area contributed by atoms with Crippen LogP contribution in [0.25, 0.3) is 0 Å². The van der Waals surface area contributed by atoms with Crippen molar-refractivity contribution in [1.29, 1.82) is 0 Å². The van der Waals surface area contributed by atoms with Crippen LogP contribution in [-0.2, 0) is 6.54 Å². The summed E-state index contributed by atoms with van der Waals surface area (Å²) in [6, 6.07) is 1.44. The van der Waals surface area contributed by atoms with E-state index in [0.29, 0.717) is 6.54 Å². The Hall–Kier alpha value is -1.49. The largest absolute Gasteiger partial charge is 0.293 e. The van der Waals surface area contributed by atoms with Crippen molar-refractivity contribution >= 4 is 11.3 Å². The van der Waals surface area contributed by atoms with E-state index >= 15 is 0 Å². The van der Waals surface area contributed by atoms with Crippen molar-refractivity contribution in [2.45, 2.75) is 13.5 Å². The van der Waals surface area contributed by atoms with Gasteiger partial charge in [0.15, 0.2) is 0 Å². The Bertz CT molecular complexity index is 489. The lowest BCUT2D eigenvalue weighted by molar-refractivity contribution is 0.721. The lowest BCUT2D eigenvalue weighted by Gasteiger charge is -1.99. The molecule has 5 heteroatoms. The zero-order chi connectivity index (χ0) is 9.97. The molecule has 0 fully saturated rings. The summed E-state index contributed by atoms with van der Waals surface area (Å²) in [5, 5.41) is 2.96. The van der Waals surface area contributed by atoms with Crippen LogP contribution in [0.2, 0.25) is 0 Å². The SMILES string of the molecule is Cc1nc(Cn2cnccc2=O)cs1. The van der Waals surface area contributed by atoms with E-state index in [2.05, 4.69) is 9.97 Å². The van der Waals surface area contributed by atoms with Crippen molar-refractivity contribution in [2.75, 3.05) is 0 Å². The molecule has 0 bridgehead atoms. The van der Waals surface area contributed by atoms with Crippen LogP contribution in [0.3, 0.4) is 0 Å². The molecule has 2 aromatic rings. The van der Waals surface area contributed by atoms with E-state index in [1.54, 1.807) is 11.3 Å². The number of aromatic nitrogens is 3. The second kappa shape index (κ2) is 3.71. The predicted molar refractivity (Wildman–Crippen MR) is 54.5 cm³/mol. The van der Waals surface area contributed by atoms with Crippen molar-refractivity contribution in [1.82, 2.24) is 14.5 Å². The predicted octanol–water partition coefficient (Wildman–Crippen LogP) is 1.06. The van der Waals surface area contributed by atoms with Crippen LogP contribution in [0.1, 0.15) is 10.7 Å². The molecule has 0 saturated heterocycles. The minimum Gasteiger partial charge on any atom is -0.293 e. The fourth-order valence-corrected chi connectivity index (χ4v) is 1.76. The molecule has 0 unspecified atom stereocenters. The number of hydrogen-bond acceptors (Lipinski definition) is 4. The number of nitrogens with zero attached hydrogens (tertiary/aromatic N) is 3. The average molecular weight is 207 g/mol. The normalized spacial score (nSPS) is 10.4. The maximum absolute atomic E-state index is 11.3. The first kappa shape index (κ1) is 9.08. The molecule has 0 aliphatic rings. The third-order valence-corrected chi connectivity index (χ3v) is 2.61. The van der Waals surface area contributed by atoms with E-state index in [9.17, 15) is 4.79 Å². The van der Waals surface area contributed by atoms with Gasteiger partial charge < -0.3 is 0 Å². The summed E-state index contributed by atoms with van der Waals surface area (Å²) in [5.74, 6) is 0. The summed E-state index contributed by atoms with van der Waals surface area (Å²) in [6.45, 7) is 2.44. The molecule has 0 aromatic carbocycles. The average Bonchev–Trinajstić information content (AvgIpc) is 2.56. The molecule has 2 rings (SSSR count). The molecule has 0 N–H and O–H groups in total. The van der Waals surface area contributed by atoms with Gasteiger partial charge >= 0.3 is 0 Å². The summed E-state index contributed by atoms with van der Waals surface area (Å²) < 4.78 is 1.54. The van der Waals surface area contributed by atoms with Gasteiger partial charge in [-0.2, -0.15) is 0 Å². The fraction of sp³-hybridized carbons (Fsp3) is 0.222. The van der Waals surface area contributed by atoms with Gasteiger partial charge in [-0.25, -0.2) is 9.97 Å². The van der Waals surface area contributed by atoms with Crippen molar-refractivity contribution in [2.24, 2.45) is 0 Å². The van der Waals surface area contributed by atoms with Crippen LogP contribution in [0.4, 0.5) is 0 Å². The maximum Gasteiger partial charge on any atom is 0.253 e. The third-order valence-electron chi connectivity index (χ3n) is 1.79. The van der Waals surface area contributed by atoms with Crippen LogP contribution < -0.4 is 5.56 Å². The van der Waals surface area contributed by atoms with Crippen LogP contribution in [0.15, 0.2) is 28.8 Å². The zero-order valence-electron chi connectivity index (χ0n) is 7.67. The topological polar surface area (TPSA) is 47.8 Å². The Morgan fingerprint density at radius 3 is 3.07 bits per heavy atom. The molecule has 0 radical (unpaired) electrons. The molecule has 4 nitrogen and oxygen atoms in total. The van der Waals surface area contributed by atoms with Crippen LogP contribution >= 0.6 is 11.3 Å². The Morgan fingerprint density at radius 1 is 1.57 bits per heavy atom. The minimum atomic E-state index is -0.0503. The van der Waals surface area contributed by atoms with Crippen LogP contribution in [0.5, 0.6) is 0 Å². The van der Waals surface area contributed by atoms with E-state index in [-0.39, 0.29) is 5.56 Å². The number of aryl methyl sites for hydroxylation is 1. The van der Waals surface area contributed by atoms with Gasteiger partial charge in [0.25, 0.3) is 5.56 Å². The zero-order valence-corrected chi connectivity index (χ0v) is 8.49. The van der Waals surface area contributed by atoms with Crippen molar-refractivity contribution in [3.8, 4) is 0 Å².